The third kappa shape index (κ3) is 4.34. The summed E-state index contributed by atoms with van der Waals surface area (Å²) in [5, 5.41) is 27.7. The van der Waals surface area contributed by atoms with E-state index in [1.54, 1.807) is 0 Å². The number of nitrogens with zero attached hydrogens (tertiary/aromatic N) is 4. The Morgan fingerprint density at radius 3 is 2.71 bits per heavy atom. The number of rotatable bonds is 7. The smallest absolute Gasteiger partial charge is 0.359 e. The van der Waals surface area contributed by atoms with Gasteiger partial charge in [-0.15, -0.1) is 0 Å². The van der Waals surface area contributed by atoms with Crippen LogP contribution in [0.2, 0.25) is 5.28 Å². The summed E-state index contributed by atoms with van der Waals surface area (Å²) >= 11 is 6.16. The number of ether oxygens (including phenoxy) is 3. The molecule has 0 aromatic carbocycles. The fraction of sp³-hybridized carbons (Fsp3) is 0.737. The van der Waals surface area contributed by atoms with Crippen LogP contribution in [0.4, 0.5) is 5.82 Å². The van der Waals surface area contributed by atoms with Crippen molar-refractivity contribution in [3.8, 4) is 0 Å². The van der Waals surface area contributed by atoms with Crippen LogP contribution in [0, 0.1) is 0 Å². The van der Waals surface area contributed by atoms with Crippen LogP contribution in [0.25, 0.3) is 11.0 Å². The number of hydrogen-bond donors (Lipinski definition) is 5. The second-order valence-corrected chi connectivity index (χ2v) is 11.2. The first-order valence-corrected chi connectivity index (χ1v) is 13.1. The molecule has 4 heterocycles. The van der Waals surface area contributed by atoms with Gasteiger partial charge in [-0.05, 0) is 24.4 Å². The van der Waals surface area contributed by atoms with E-state index < -0.39 is 37.5 Å². The molecule has 0 spiro atoms. The number of anilines is 1. The normalized spacial score (nSPS) is 32.7. The minimum Gasteiger partial charge on any atom is -0.387 e. The van der Waals surface area contributed by atoms with Crippen molar-refractivity contribution in [3.63, 3.8) is 0 Å². The zero-order chi connectivity index (χ0) is 24.1. The molecule has 3 aliphatic rings. The molecule has 34 heavy (non-hydrogen) atoms. The van der Waals surface area contributed by atoms with Gasteiger partial charge in [-0.25, -0.2) is 4.68 Å². The maximum Gasteiger partial charge on any atom is 0.359 e. The maximum absolute atomic E-state index is 12.0. The zero-order valence-corrected chi connectivity index (χ0v) is 19.8. The van der Waals surface area contributed by atoms with Crippen molar-refractivity contribution in [3.05, 3.63) is 11.5 Å². The van der Waals surface area contributed by atoms with Gasteiger partial charge >= 0.3 is 7.60 Å². The Hall–Kier alpha value is -1.41. The molecule has 5 atom stereocenters. The zero-order valence-electron chi connectivity index (χ0n) is 18.2. The van der Waals surface area contributed by atoms with Gasteiger partial charge in [0, 0.05) is 12.5 Å². The largest absolute Gasteiger partial charge is 0.387 e. The number of halogens is 1. The van der Waals surface area contributed by atoms with E-state index in [0.29, 0.717) is 16.9 Å². The molecule has 2 aromatic heterocycles. The van der Waals surface area contributed by atoms with Crippen molar-refractivity contribution >= 4 is 36.0 Å². The second kappa shape index (κ2) is 9.23. The summed E-state index contributed by atoms with van der Waals surface area (Å²) in [4.78, 5) is 28.0. The van der Waals surface area contributed by atoms with Crippen LogP contribution in [-0.4, -0.2) is 89.3 Å². The third-order valence-corrected chi connectivity index (χ3v) is 8.43. The summed E-state index contributed by atoms with van der Waals surface area (Å²) < 4.78 is 29.8. The second-order valence-electron chi connectivity index (χ2n) is 8.94. The quantitative estimate of drug-likeness (QED) is 0.256. The number of aromatic nitrogens is 4. The highest BCUT2D eigenvalue weighted by atomic mass is 35.5. The van der Waals surface area contributed by atoms with Crippen LogP contribution in [-0.2, 0) is 18.8 Å². The Kier molecular flexibility index (Phi) is 6.59. The number of aliphatic hydroxyl groups is 2. The number of nitrogens with one attached hydrogen (secondary N) is 1. The van der Waals surface area contributed by atoms with Gasteiger partial charge in [0.15, 0.2) is 17.2 Å². The number of hydrogen-bond acceptors (Lipinski definition) is 10. The summed E-state index contributed by atoms with van der Waals surface area (Å²) in [5.41, 5.74) is 0.314. The van der Waals surface area contributed by atoms with Gasteiger partial charge in [-0.2, -0.15) is 15.1 Å². The molecule has 1 aliphatic carbocycles. The molecule has 0 radical (unpaired) electrons. The summed E-state index contributed by atoms with van der Waals surface area (Å²) in [6.07, 6.45) is 0.865. The summed E-state index contributed by atoms with van der Waals surface area (Å²) in [6, 6.07) is 0.273. The molecule has 188 valence electrons. The Bertz CT molecular complexity index is 1090. The molecule has 15 heteroatoms. The average molecular weight is 520 g/mol. The number of aliphatic hydroxyl groups excluding tert-OH is 2. The lowest BCUT2D eigenvalue weighted by atomic mass is 10.1. The van der Waals surface area contributed by atoms with E-state index in [1.165, 1.54) is 10.9 Å². The van der Waals surface area contributed by atoms with E-state index in [4.69, 9.17) is 25.8 Å². The number of fused-ring (bicyclic) bond motifs is 1. The first-order valence-electron chi connectivity index (χ1n) is 11.1. The van der Waals surface area contributed by atoms with Crippen LogP contribution in [0.3, 0.4) is 0 Å². The minimum absolute atomic E-state index is 0.00204. The van der Waals surface area contributed by atoms with Crippen LogP contribution < -0.4 is 5.32 Å². The Labute approximate surface area is 199 Å². The molecule has 2 saturated heterocycles. The Balaban J connectivity index is 1.36. The fourth-order valence-electron chi connectivity index (χ4n) is 4.73. The molecule has 5 rings (SSSR count). The van der Waals surface area contributed by atoms with Gasteiger partial charge < -0.3 is 39.5 Å². The van der Waals surface area contributed by atoms with Crippen molar-refractivity contribution in [1.29, 1.82) is 0 Å². The predicted molar refractivity (Wildman–Crippen MR) is 118 cm³/mol. The predicted octanol–water partition coefficient (Wildman–Crippen LogP) is 0.764. The van der Waals surface area contributed by atoms with E-state index in [-0.39, 0.29) is 37.6 Å². The van der Waals surface area contributed by atoms with Gasteiger partial charge in [0.25, 0.3) is 0 Å². The summed E-state index contributed by atoms with van der Waals surface area (Å²) in [7, 11) is -4.66. The monoisotopic (exact) mass is 519 g/mol. The minimum atomic E-state index is -4.66. The highest BCUT2D eigenvalue weighted by Crippen LogP contribution is 2.55. The molecule has 13 nitrogen and oxygen atoms in total. The van der Waals surface area contributed by atoms with Crippen LogP contribution in [0.15, 0.2) is 6.20 Å². The topological polar surface area (TPSA) is 181 Å². The first kappa shape index (κ1) is 24.3. The van der Waals surface area contributed by atoms with Crippen molar-refractivity contribution in [2.45, 2.75) is 68.0 Å². The SMILES string of the molecule is O=P(O)(O)C1(OC[C@H]2O[C@@H](n3ncc4c(NC5CCCC5)nc(Cl)nc43)[C@H](O)[C@@H]2O)CCOC1. The van der Waals surface area contributed by atoms with Gasteiger partial charge in [0.2, 0.25) is 5.28 Å². The Morgan fingerprint density at radius 1 is 1.26 bits per heavy atom. The lowest BCUT2D eigenvalue weighted by molar-refractivity contribution is -0.0986. The van der Waals surface area contributed by atoms with Crippen molar-refractivity contribution in [2.24, 2.45) is 0 Å². The molecule has 5 N–H and O–H groups in total. The third-order valence-electron chi connectivity index (χ3n) is 6.71. The van der Waals surface area contributed by atoms with Crippen molar-refractivity contribution in [1.82, 2.24) is 19.7 Å². The standard InChI is InChI=1S/C19H27ClN5O8P/c20-18-23-15(22-10-3-1-2-4-10)11-7-21-25(16(11)24-18)17-14(27)13(26)12(33-17)8-32-19(34(28,29)30)5-6-31-9-19/h7,10,12-14,17,26-27H,1-6,8-9H2,(H,22,23,24)(H2,28,29,30)/t12-,13-,14-,17-,19?/m1/s1. The highest BCUT2D eigenvalue weighted by Gasteiger charge is 2.53. The van der Waals surface area contributed by atoms with Gasteiger partial charge in [-0.3, -0.25) is 4.57 Å². The van der Waals surface area contributed by atoms with Gasteiger partial charge in [0.1, 0.15) is 24.1 Å². The fourth-order valence-corrected chi connectivity index (χ4v) is 5.78. The van der Waals surface area contributed by atoms with E-state index in [0.717, 1.165) is 25.7 Å². The van der Waals surface area contributed by atoms with Gasteiger partial charge in [0.05, 0.1) is 31.4 Å². The van der Waals surface area contributed by atoms with Crippen molar-refractivity contribution in [2.75, 3.05) is 25.1 Å². The highest BCUT2D eigenvalue weighted by molar-refractivity contribution is 7.53. The molecule has 2 aromatic rings. The van der Waals surface area contributed by atoms with Gasteiger partial charge in [-0.1, -0.05) is 12.8 Å². The molecule has 3 fully saturated rings. The molecule has 1 unspecified atom stereocenters. The molecular formula is C19H27ClN5O8P. The van der Waals surface area contributed by atoms with E-state index in [1.807, 2.05) is 0 Å². The lowest BCUT2D eigenvalue weighted by Crippen LogP contribution is -2.39. The average Bonchev–Trinajstić information content (AvgIpc) is 3.56. The first-order chi connectivity index (χ1) is 16.2. The van der Waals surface area contributed by atoms with E-state index in [9.17, 15) is 24.6 Å². The lowest BCUT2D eigenvalue weighted by Gasteiger charge is -2.30. The summed E-state index contributed by atoms with van der Waals surface area (Å²) in [6.45, 7) is -0.504. The Morgan fingerprint density at radius 2 is 2.03 bits per heavy atom. The van der Waals surface area contributed by atoms with E-state index in [2.05, 4.69) is 20.4 Å². The molecule has 0 bridgehead atoms. The van der Waals surface area contributed by atoms with Crippen LogP contribution in [0.5, 0.6) is 0 Å². The molecule has 2 aliphatic heterocycles. The maximum atomic E-state index is 12.0. The molecular weight excluding hydrogens is 493 g/mol. The van der Waals surface area contributed by atoms with E-state index >= 15 is 0 Å². The van der Waals surface area contributed by atoms with Crippen LogP contribution in [0.1, 0.15) is 38.3 Å². The summed E-state index contributed by atoms with van der Waals surface area (Å²) in [5.74, 6) is 0.533. The molecule has 0 amide bonds. The van der Waals surface area contributed by atoms with Crippen LogP contribution >= 0.6 is 19.2 Å². The van der Waals surface area contributed by atoms with Crippen molar-refractivity contribution < 1.29 is 38.8 Å². The molecule has 1 saturated carbocycles.